The molecule has 1 amide bonds. The van der Waals surface area contributed by atoms with E-state index in [1.807, 2.05) is 39.9 Å². The Hall–Kier alpha value is -2.80. The number of amides is 1. The minimum Gasteiger partial charge on any atom is -0.370 e. The fraction of sp³-hybridized carbons (Fsp3) is 0.333. The fourth-order valence-corrected chi connectivity index (χ4v) is 3.82. The SMILES string of the molecule is O=C(c1cccc2ncccc12)N1CCC2OCc3cnnn3C2C1. The summed E-state index contributed by atoms with van der Waals surface area (Å²) in [5.74, 6) is 0.0317. The highest BCUT2D eigenvalue weighted by atomic mass is 16.5. The second-order valence-electron chi connectivity index (χ2n) is 6.50. The summed E-state index contributed by atoms with van der Waals surface area (Å²) in [6.07, 6.45) is 4.37. The van der Waals surface area contributed by atoms with Gasteiger partial charge in [-0.05, 0) is 24.6 Å². The summed E-state index contributed by atoms with van der Waals surface area (Å²) in [6, 6.07) is 9.51. The highest BCUT2D eigenvalue weighted by molar-refractivity contribution is 6.06. The first-order valence-corrected chi connectivity index (χ1v) is 8.45. The van der Waals surface area contributed by atoms with E-state index in [0.717, 1.165) is 23.0 Å². The molecular weight excluding hydrogens is 318 g/mol. The maximum atomic E-state index is 13.2. The molecule has 126 valence electrons. The van der Waals surface area contributed by atoms with Gasteiger partial charge in [0.2, 0.25) is 0 Å². The highest BCUT2D eigenvalue weighted by Crippen LogP contribution is 2.31. The third-order valence-electron chi connectivity index (χ3n) is 5.09. The van der Waals surface area contributed by atoms with Gasteiger partial charge in [0.25, 0.3) is 5.91 Å². The third kappa shape index (κ3) is 2.31. The second-order valence-corrected chi connectivity index (χ2v) is 6.50. The van der Waals surface area contributed by atoms with Crippen molar-refractivity contribution in [3.8, 4) is 0 Å². The maximum absolute atomic E-state index is 13.2. The van der Waals surface area contributed by atoms with Crippen LogP contribution >= 0.6 is 0 Å². The predicted octanol–water partition coefficient (Wildman–Crippen LogP) is 1.81. The zero-order chi connectivity index (χ0) is 16.8. The van der Waals surface area contributed by atoms with E-state index in [0.29, 0.717) is 25.3 Å². The van der Waals surface area contributed by atoms with E-state index in [2.05, 4.69) is 15.3 Å². The molecule has 7 heteroatoms. The van der Waals surface area contributed by atoms with Gasteiger partial charge >= 0.3 is 0 Å². The maximum Gasteiger partial charge on any atom is 0.254 e. The summed E-state index contributed by atoms with van der Waals surface area (Å²) in [7, 11) is 0. The summed E-state index contributed by atoms with van der Waals surface area (Å²) in [6.45, 7) is 1.80. The van der Waals surface area contributed by atoms with Crippen molar-refractivity contribution in [1.82, 2.24) is 24.9 Å². The van der Waals surface area contributed by atoms with E-state index >= 15 is 0 Å². The number of likely N-dealkylation sites (tertiary alicyclic amines) is 1. The Kier molecular flexibility index (Phi) is 3.27. The van der Waals surface area contributed by atoms with Gasteiger partial charge in [0.05, 0.1) is 36.2 Å². The quantitative estimate of drug-likeness (QED) is 0.678. The van der Waals surface area contributed by atoms with Crippen LogP contribution in [0.5, 0.6) is 0 Å². The van der Waals surface area contributed by atoms with Gasteiger partial charge in [-0.2, -0.15) is 0 Å². The zero-order valence-electron chi connectivity index (χ0n) is 13.6. The standard InChI is InChI=1S/C18H17N5O2/c24-18(14-3-1-5-15-13(14)4-2-7-19-15)22-8-6-17-16(10-22)23-12(11-25-17)9-20-21-23/h1-5,7,9,16-17H,6,8,10-11H2. The number of nitrogens with zero attached hydrogens (tertiary/aromatic N) is 5. The lowest BCUT2D eigenvalue weighted by Crippen LogP contribution is -2.49. The van der Waals surface area contributed by atoms with E-state index in [1.165, 1.54) is 0 Å². The number of rotatable bonds is 1. The first kappa shape index (κ1) is 14.5. The molecule has 4 heterocycles. The van der Waals surface area contributed by atoms with Crippen LogP contribution in [-0.4, -0.2) is 50.0 Å². The lowest BCUT2D eigenvalue weighted by atomic mass is 9.99. The molecule has 1 saturated heterocycles. The molecule has 5 rings (SSSR count). The molecule has 0 spiro atoms. The molecule has 2 unspecified atom stereocenters. The topological polar surface area (TPSA) is 73.1 Å². The van der Waals surface area contributed by atoms with E-state index in [-0.39, 0.29) is 18.1 Å². The molecule has 7 nitrogen and oxygen atoms in total. The number of carbonyl (C=O) groups is 1. The fourth-order valence-electron chi connectivity index (χ4n) is 3.82. The van der Waals surface area contributed by atoms with E-state index in [1.54, 1.807) is 12.4 Å². The molecule has 2 atom stereocenters. The molecule has 0 saturated carbocycles. The molecule has 1 fully saturated rings. The van der Waals surface area contributed by atoms with Crippen LogP contribution in [0.1, 0.15) is 28.5 Å². The molecule has 3 aromatic rings. The first-order valence-electron chi connectivity index (χ1n) is 8.45. The molecule has 0 bridgehead atoms. The van der Waals surface area contributed by atoms with Gasteiger partial charge in [-0.1, -0.05) is 17.3 Å². The first-order chi connectivity index (χ1) is 12.3. The average molecular weight is 335 g/mol. The Morgan fingerprint density at radius 1 is 1.24 bits per heavy atom. The number of fused-ring (bicyclic) bond motifs is 4. The minimum absolute atomic E-state index is 0.0250. The van der Waals surface area contributed by atoms with Crippen molar-refractivity contribution >= 4 is 16.8 Å². The molecule has 1 aromatic carbocycles. The number of hydrogen-bond donors (Lipinski definition) is 0. The number of aromatic nitrogens is 4. The monoisotopic (exact) mass is 335 g/mol. The van der Waals surface area contributed by atoms with Crippen molar-refractivity contribution < 1.29 is 9.53 Å². The summed E-state index contributed by atoms with van der Waals surface area (Å²) < 4.78 is 7.84. The third-order valence-corrected chi connectivity index (χ3v) is 5.09. The van der Waals surface area contributed by atoms with Crippen molar-refractivity contribution in [2.75, 3.05) is 13.1 Å². The van der Waals surface area contributed by atoms with Crippen LogP contribution in [0.2, 0.25) is 0 Å². The predicted molar refractivity (Wildman–Crippen MR) is 89.9 cm³/mol. The van der Waals surface area contributed by atoms with Crippen LogP contribution in [0.3, 0.4) is 0 Å². The van der Waals surface area contributed by atoms with Crippen LogP contribution < -0.4 is 0 Å². The van der Waals surface area contributed by atoms with E-state index in [4.69, 9.17) is 4.74 Å². The Morgan fingerprint density at radius 2 is 2.20 bits per heavy atom. The van der Waals surface area contributed by atoms with Gasteiger partial charge in [-0.3, -0.25) is 9.78 Å². The largest absolute Gasteiger partial charge is 0.370 e. The minimum atomic E-state index is 0.0250. The Balaban J connectivity index is 1.47. The lowest BCUT2D eigenvalue weighted by molar-refractivity contribution is -0.0604. The molecule has 0 radical (unpaired) electrons. The molecule has 2 aromatic heterocycles. The zero-order valence-corrected chi connectivity index (χ0v) is 13.6. The van der Waals surface area contributed by atoms with Gasteiger partial charge < -0.3 is 9.64 Å². The summed E-state index contributed by atoms with van der Waals surface area (Å²) >= 11 is 0. The van der Waals surface area contributed by atoms with Crippen molar-refractivity contribution in [3.63, 3.8) is 0 Å². The van der Waals surface area contributed by atoms with Gasteiger partial charge in [0.15, 0.2) is 0 Å². The van der Waals surface area contributed by atoms with Crippen LogP contribution in [0, 0.1) is 0 Å². The number of pyridine rings is 1. The number of benzene rings is 1. The average Bonchev–Trinajstić information content (AvgIpc) is 3.16. The summed E-state index contributed by atoms with van der Waals surface area (Å²) in [4.78, 5) is 19.4. The Labute approximate surface area is 144 Å². The smallest absolute Gasteiger partial charge is 0.254 e. The second kappa shape index (κ2) is 5.63. The van der Waals surface area contributed by atoms with E-state index in [9.17, 15) is 4.79 Å². The summed E-state index contributed by atoms with van der Waals surface area (Å²) in [5.41, 5.74) is 2.49. The number of ether oxygens (including phenoxy) is 1. The van der Waals surface area contributed by atoms with Crippen molar-refractivity contribution in [3.05, 3.63) is 54.0 Å². The van der Waals surface area contributed by atoms with Gasteiger partial charge in [0.1, 0.15) is 0 Å². The molecule has 0 N–H and O–H groups in total. The van der Waals surface area contributed by atoms with Crippen molar-refractivity contribution in [2.45, 2.75) is 25.2 Å². The molecule has 2 aliphatic heterocycles. The van der Waals surface area contributed by atoms with Crippen LogP contribution in [0.4, 0.5) is 0 Å². The van der Waals surface area contributed by atoms with E-state index < -0.39 is 0 Å². The van der Waals surface area contributed by atoms with Crippen LogP contribution in [-0.2, 0) is 11.3 Å². The van der Waals surface area contributed by atoms with Gasteiger partial charge in [-0.25, -0.2) is 4.68 Å². The summed E-state index contributed by atoms with van der Waals surface area (Å²) in [5, 5.41) is 9.07. The van der Waals surface area contributed by atoms with Gasteiger partial charge in [0, 0.05) is 30.2 Å². The lowest BCUT2D eigenvalue weighted by Gasteiger charge is -2.41. The molecule has 0 aliphatic carbocycles. The molecular formula is C18H17N5O2. The highest BCUT2D eigenvalue weighted by Gasteiger charge is 2.38. The Bertz CT molecular complexity index is 948. The normalized spacial score (nSPS) is 22.5. The van der Waals surface area contributed by atoms with Crippen LogP contribution in [0.15, 0.2) is 42.7 Å². The molecule has 2 aliphatic rings. The number of piperidine rings is 1. The van der Waals surface area contributed by atoms with Crippen molar-refractivity contribution in [2.24, 2.45) is 0 Å². The van der Waals surface area contributed by atoms with Gasteiger partial charge in [-0.15, -0.1) is 5.10 Å². The number of carbonyl (C=O) groups excluding carboxylic acids is 1. The van der Waals surface area contributed by atoms with Crippen LogP contribution in [0.25, 0.3) is 10.9 Å². The molecule has 25 heavy (non-hydrogen) atoms. The van der Waals surface area contributed by atoms with Crippen molar-refractivity contribution in [1.29, 1.82) is 0 Å². The number of hydrogen-bond acceptors (Lipinski definition) is 5. The Morgan fingerprint density at radius 3 is 3.16 bits per heavy atom.